The molecule has 1 fully saturated rings. The quantitative estimate of drug-likeness (QED) is 0.899. The van der Waals surface area contributed by atoms with Gasteiger partial charge in [0.05, 0.1) is 11.6 Å². The van der Waals surface area contributed by atoms with Crippen molar-refractivity contribution in [3.05, 3.63) is 23.9 Å². The van der Waals surface area contributed by atoms with Crippen LogP contribution in [0.3, 0.4) is 0 Å². The number of hydrogen-bond acceptors (Lipinski definition) is 3. The van der Waals surface area contributed by atoms with Crippen molar-refractivity contribution in [1.82, 2.24) is 9.88 Å². The number of nitrogens with one attached hydrogen (secondary N) is 1. The molecule has 1 aliphatic heterocycles. The minimum Gasteiger partial charge on any atom is -0.370 e. The molecule has 1 unspecified atom stereocenters. The largest absolute Gasteiger partial charge is 0.393 e. The Morgan fingerprint density at radius 3 is 2.90 bits per heavy atom. The van der Waals surface area contributed by atoms with E-state index in [2.05, 4.69) is 17.2 Å². The molecule has 118 valence electrons. The van der Waals surface area contributed by atoms with Crippen LogP contribution in [0.25, 0.3) is 0 Å². The fourth-order valence-corrected chi connectivity index (χ4v) is 2.61. The summed E-state index contributed by atoms with van der Waals surface area (Å²) in [4.78, 5) is 6.31. The SMILES string of the molecule is CCCNc1cccc(CN2CCCC(C(F)(F)F)C2)n1. The summed E-state index contributed by atoms with van der Waals surface area (Å²) in [5.74, 6) is -0.411. The lowest BCUT2D eigenvalue weighted by Gasteiger charge is -2.33. The first-order valence-electron chi connectivity index (χ1n) is 7.48. The van der Waals surface area contributed by atoms with Gasteiger partial charge in [0.15, 0.2) is 0 Å². The molecule has 0 amide bonds. The topological polar surface area (TPSA) is 28.2 Å². The van der Waals surface area contributed by atoms with E-state index in [-0.39, 0.29) is 13.0 Å². The molecule has 2 heterocycles. The molecule has 0 aromatic carbocycles. The zero-order chi connectivity index (χ0) is 15.3. The standard InChI is InChI=1S/C15H22F3N3/c1-2-8-19-14-7-3-6-13(20-14)11-21-9-4-5-12(10-21)15(16,17)18/h3,6-7,12H,2,4-5,8-11H2,1H3,(H,19,20). The van der Waals surface area contributed by atoms with Crippen LogP contribution in [0.15, 0.2) is 18.2 Å². The molecule has 0 radical (unpaired) electrons. The van der Waals surface area contributed by atoms with Crippen molar-refractivity contribution >= 4 is 5.82 Å². The fraction of sp³-hybridized carbons (Fsp3) is 0.667. The summed E-state index contributed by atoms with van der Waals surface area (Å²) in [5, 5.41) is 3.20. The second-order valence-corrected chi connectivity index (χ2v) is 5.56. The number of alkyl halides is 3. The van der Waals surface area contributed by atoms with Gasteiger partial charge in [0, 0.05) is 19.6 Å². The van der Waals surface area contributed by atoms with Crippen molar-refractivity contribution in [2.75, 3.05) is 25.0 Å². The maximum atomic E-state index is 12.8. The van der Waals surface area contributed by atoms with Crippen LogP contribution in [0.1, 0.15) is 31.9 Å². The molecule has 6 heteroatoms. The molecular weight excluding hydrogens is 279 g/mol. The first kappa shape index (κ1) is 16.1. The number of halogens is 3. The smallest absolute Gasteiger partial charge is 0.370 e. The van der Waals surface area contributed by atoms with E-state index >= 15 is 0 Å². The summed E-state index contributed by atoms with van der Waals surface area (Å²) in [6.45, 7) is 4.19. The summed E-state index contributed by atoms with van der Waals surface area (Å²) in [6, 6.07) is 5.65. The van der Waals surface area contributed by atoms with Crippen LogP contribution in [0.5, 0.6) is 0 Å². The van der Waals surface area contributed by atoms with Crippen LogP contribution < -0.4 is 5.32 Å². The molecule has 1 aromatic heterocycles. The molecule has 1 atom stereocenters. The van der Waals surface area contributed by atoms with Crippen LogP contribution in [0.4, 0.5) is 19.0 Å². The van der Waals surface area contributed by atoms with Crippen molar-refractivity contribution in [2.45, 2.75) is 38.9 Å². The van der Waals surface area contributed by atoms with Crippen molar-refractivity contribution < 1.29 is 13.2 Å². The number of rotatable bonds is 5. The summed E-state index contributed by atoms with van der Waals surface area (Å²) in [7, 11) is 0. The van der Waals surface area contributed by atoms with E-state index in [0.717, 1.165) is 24.5 Å². The average Bonchev–Trinajstić information content (AvgIpc) is 2.45. The van der Waals surface area contributed by atoms with Crippen molar-refractivity contribution in [1.29, 1.82) is 0 Å². The van der Waals surface area contributed by atoms with Crippen LogP contribution in [0.2, 0.25) is 0 Å². The van der Waals surface area contributed by atoms with Gasteiger partial charge in [0.25, 0.3) is 0 Å². The van der Waals surface area contributed by atoms with E-state index in [4.69, 9.17) is 0 Å². The van der Waals surface area contributed by atoms with Crippen molar-refractivity contribution in [3.8, 4) is 0 Å². The number of likely N-dealkylation sites (tertiary alicyclic amines) is 1. The lowest BCUT2D eigenvalue weighted by molar-refractivity contribution is -0.187. The Balaban J connectivity index is 1.94. The molecule has 1 aliphatic rings. The Kier molecular flexibility index (Phi) is 5.45. The second kappa shape index (κ2) is 7.11. The normalized spacial score (nSPS) is 20.5. The zero-order valence-electron chi connectivity index (χ0n) is 12.3. The molecule has 0 spiro atoms. The van der Waals surface area contributed by atoms with Gasteiger partial charge in [0.1, 0.15) is 5.82 Å². The van der Waals surface area contributed by atoms with E-state index in [0.29, 0.717) is 19.5 Å². The number of hydrogen-bond donors (Lipinski definition) is 1. The highest BCUT2D eigenvalue weighted by Crippen LogP contribution is 2.33. The predicted octanol–water partition coefficient (Wildman–Crippen LogP) is 3.68. The Bertz CT molecular complexity index is 448. The summed E-state index contributed by atoms with van der Waals surface area (Å²) < 4.78 is 38.4. The molecule has 1 saturated heterocycles. The maximum absolute atomic E-state index is 12.8. The molecule has 0 bridgehead atoms. The van der Waals surface area contributed by atoms with Crippen LogP contribution >= 0.6 is 0 Å². The Hall–Kier alpha value is -1.30. The summed E-state index contributed by atoms with van der Waals surface area (Å²) >= 11 is 0. The Morgan fingerprint density at radius 2 is 2.19 bits per heavy atom. The molecule has 1 N–H and O–H groups in total. The van der Waals surface area contributed by atoms with E-state index in [1.165, 1.54) is 0 Å². The van der Waals surface area contributed by atoms with E-state index in [1.54, 1.807) is 0 Å². The van der Waals surface area contributed by atoms with Gasteiger partial charge in [-0.3, -0.25) is 4.90 Å². The Labute approximate surface area is 123 Å². The molecule has 0 saturated carbocycles. The van der Waals surface area contributed by atoms with Gasteiger partial charge in [-0.05, 0) is 37.9 Å². The molecular formula is C15H22F3N3. The number of anilines is 1. The summed E-state index contributed by atoms with van der Waals surface area (Å²) in [6.07, 6.45) is -2.24. The molecule has 0 aliphatic carbocycles. The number of pyridine rings is 1. The minimum absolute atomic E-state index is 0.0811. The van der Waals surface area contributed by atoms with Crippen LogP contribution in [-0.2, 0) is 6.54 Å². The van der Waals surface area contributed by atoms with Gasteiger partial charge in [-0.2, -0.15) is 13.2 Å². The minimum atomic E-state index is -4.09. The van der Waals surface area contributed by atoms with Gasteiger partial charge in [-0.25, -0.2) is 4.98 Å². The fourth-order valence-electron chi connectivity index (χ4n) is 2.61. The number of nitrogens with zero attached hydrogens (tertiary/aromatic N) is 2. The van der Waals surface area contributed by atoms with E-state index in [1.807, 2.05) is 23.1 Å². The third-order valence-corrected chi connectivity index (χ3v) is 3.72. The highest BCUT2D eigenvalue weighted by atomic mass is 19.4. The lowest BCUT2D eigenvalue weighted by Crippen LogP contribution is -2.41. The molecule has 21 heavy (non-hydrogen) atoms. The summed E-state index contributed by atoms with van der Waals surface area (Å²) in [5.41, 5.74) is 0.818. The van der Waals surface area contributed by atoms with Gasteiger partial charge >= 0.3 is 6.18 Å². The zero-order valence-corrected chi connectivity index (χ0v) is 12.3. The lowest BCUT2D eigenvalue weighted by atomic mass is 9.97. The van der Waals surface area contributed by atoms with E-state index in [9.17, 15) is 13.2 Å². The van der Waals surface area contributed by atoms with Gasteiger partial charge in [0.2, 0.25) is 0 Å². The van der Waals surface area contributed by atoms with Crippen molar-refractivity contribution in [3.63, 3.8) is 0 Å². The molecule has 3 nitrogen and oxygen atoms in total. The third-order valence-electron chi connectivity index (χ3n) is 3.72. The average molecular weight is 301 g/mol. The van der Waals surface area contributed by atoms with Crippen LogP contribution in [-0.4, -0.2) is 35.7 Å². The Morgan fingerprint density at radius 1 is 1.38 bits per heavy atom. The number of aromatic nitrogens is 1. The first-order valence-corrected chi connectivity index (χ1v) is 7.48. The highest BCUT2D eigenvalue weighted by Gasteiger charge is 2.41. The molecule has 2 rings (SSSR count). The number of piperidine rings is 1. The predicted molar refractivity (Wildman–Crippen MR) is 77.1 cm³/mol. The van der Waals surface area contributed by atoms with Crippen LogP contribution in [0, 0.1) is 5.92 Å². The maximum Gasteiger partial charge on any atom is 0.393 e. The second-order valence-electron chi connectivity index (χ2n) is 5.56. The third kappa shape index (κ3) is 4.88. The van der Waals surface area contributed by atoms with Gasteiger partial charge in [-0.15, -0.1) is 0 Å². The van der Waals surface area contributed by atoms with Crippen molar-refractivity contribution in [2.24, 2.45) is 5.92 Å². The van der Waals surface area contributed by atoms with Gasteiger partial charge in [-0.1, -0.05) is 13.0 Å². The first-order chi connectivity index (χ1) is 9.99. The monoisotopic (exact) mass is 301 g/mol. The highest BCUT2D eigenvalue weighted by molar-refractivity contribution is 5.35. The molecule has 1 aromatic rings. The van der Waals surface area contributed by atoms with Gasteiger partial charge < -0.3 is 5.32 Å². The van der Waals surface area contributed by atoms with E-state index < -0.39 is 12.1 Å².